The molecule has 0 radical (unpaired) electrons. The summed E-state index contributed by atoms with van der Waals surface area (Å²) < 4.78 is 0.457. The molecule has 2 atom stereocenters. The third-order valence-electron chi connectivity index (χ3n) is 5.64. The molecule has 1 fully saturated rings. The van der Waals surface area contributed by atoms with E-state index >= 15 is 0 Å². The van der Waals surface area contributed by atoms with Gasteiger partial charge in [-0.2, -0.15) is 0 Å². The Morgan fingerprint density at radius 3 is 2.78 bits per heavy atom. The second-order valence-corrected chi connectivity index (χ2v) is 10.9. The van der Waals surface area contributed by atoms with Crippen LogP contribution in [0.15, 0.2) is 46.3 Å². The fraction of sp³-hybridized carbons (Fsp3) is 0.364. The summed E-state index contributed by atoms with van der Waals surface area (Å²) in [7, 11) is 5.24. The smallest absolute Gasteiger partial charge is 0.276 e. The monoisotopic (exact) mass is 531 g/mol. The number of fused-ring (bicyclic) bond motifs is 1. The number of carbonyl (C=O) groups is 3. The fourth-order valence-corrected chi connectivity index (χ4v) is 6.14. The largest absolute Gasteiger partial charge is 0.543 e. The van der Waals surface area contributed by atoms with Crippen molar-refractivity contribution in [2.24, 2.45) is 5.16 Å². The van der Waals surface area contributed by atoms with Crippen molar-refractivity contribution in [2.75, 3.05) is 39.2 Å². The number of nitrogens with two attached hydrogens (primary N) is 1. The van der Waals surface area contributed by atoms with Gasteiger partial charge in [-0.1, -0.05) is 11.2 Å². The van der Waals surface area contributed by atoms with Crippen molar-refractivity contribution in [1.82, 2.24) is 20.2 Å². The predicted octanol–water partition coefficient (Wildman–Crippen LogP) is -0.849. The molecule has 4 heterocycles. The summed E-state index contributed by atoms with van der Waals surface area (Å²) in [6.07, 6.45) is 3.46. The van der Waals surface area contributed by atoms with E-state index in [0.29, 0.717) is 28.9 Å². The summed E-state index contributed by atoms with van der Waals surface area (Å²) in [5.74, 6) is -2.26. The Morgan fingerprint density at radius 1 is 1.39 bits per heavy atom. The van der Waals surface area contributed by atoms with Crippen LogP contribution in [0.4, 0.5) is 5.13 Å². The van der Waals surface area contributed by atoms with Crippen LogP contribution >= 0.6 is 23.1 Å². The van der Waals surface area contributed by atoms with Gasteiger partial charge >= 0.3 is 0 Å². The Balaban J connectivity index is 1.51. The molecule has 3 N–H and O–H groups in total. The van der Waals surface area contributed by atoms with Crippen molar-refractivity contribution < 1.29 is 28.8 Å². The molecule has 2 aliphatic heterocycles. The highest BCUT2D eigenvalue weighted by Gasteiger charge is 2.53. The molecule has 4 rings (SSSR count). The van der Waals surface area contributed by atoms with Crippen LogP contribution in [0.5, 0.6) is 0 Å². The van der Waals surface area contributed by atoms with E-state index in [4.69, 9.17) is 10.6 Å². The minimum atomic E-state index is -1.42. The molecule has 0 aromatic carbocycles. The van der Waals surface area contributed by atoms with Gasteiger partial charge in [0.25, 0.3) is 11.8 Å². The lowest BCUT2D eigenvalue weighted by atomic mass is 10.0. The number of aromatic nitrogens is 2. The minimum Gasteiger partial charge on any atom is -0.543 e. The summed E-state index contributed by atoms with van der Waals surface area (Å²) in [5, 5.41) is 19.7. The number of nitrogens with one attached hydrogen (secondary N) is 1. The van der Waals surface area contributed by atoms with Crippen LogP contribution in [0.2, 0.25) is 0 Å². The Morgan fingerprint density at radius 2 is 2.17 bits per heavy atom. The summed E-state index contributed by atoms with van der Waals surface area (Å²) in [6, 6.07) is 2.87. The summed E-state index contributed by atoms with van der Waals surface area (Å²) in [5.41, 5.74) is 7.20. The highest BCUT2D eigenvalue weighted by Crippen LogP contribution is 2.40. The van der Waals surface area contributed by atoms with Gasteiger partial charge in [-0.3, -0.25) is 19.5 Å². The maximum absolute atomic E-state index is 13.0. The molecular weight excluding hydrogens is 506 g/mol. The molecule has 0 saturated carbocycles. The standard InChI is InChI=1S/C22H25N7O5S2/c1-29(2,8-12-5-4-6-24-7-12)9-13-10-35-20-16(19(31)28(20)17(13)21(32)33)26-18(30)15(27-34-3)14-11-36-22(23)25-14/h4-7,11,16,20H,8-10H2,1-3H3,(H3-,23,25,26,30,32,33)/b27-15-. The van der Waals surface area contributed by atoms with Gasteiger partial charge in [-0.15, -0.1) is 23.1 Å². The number of carbonyl (C=O) groups excluding carboxylic acids is 3. The molecule has 190 valence electrons. The van der Waals surface area contributed by atoms with E-state index < -0.39 is 29.2 Å². The molecule has 12 nitrogen and oxygen atoms in total. The average molecular weight is 532 g/mol. The Kier molecular flexibility index (Phi) is 7.28. The van der Waals surface area contributed by atoms with Crippen LogP contribution in [0, 0.1) is 0 Å². The number of hydrogen-bond donors (Lipinski definition) is 2. The second-order valence-electron chi connectivity index (χ2n) is 8.91. The molecule has 2 aliphatic rings. The van der Waals surface area contributed by atoms with E-state index in [1.54, 1.807) is 17.8 Å². The summed E-state index contributed by atoms with van der Waals surface area (Å²) >= 11 is 2.51. The number of anilines is 1. The van der Waals surface area contributed by atoms with Crippen LogP contribution in [-0.4, -0.2) is 87.8 Å². The number of quaternary nitrogens is 1. The number of β-lactam (4-membered cyclic amide) rings is 1. The van der Waals surface area contributed by atoms with Crippen molar-refractivity contribution in [2.45, 2.75) is 18.0 Å². The number of carboxylic acids is 1. The molecular formula is C22H25N7O5S2. The molecule has 2 unspecified atom stereocenters. The van der Waals surface area contributed by atoms with E-state index in [-0.39, 0.29) is 22.2 Å². The number of pyridine rings is 1. The number of rotatable bonds is 9. The first-order valence-electron chi connectivity index (χ1n) is 10.8. The first kappa shape index (κ1) is 25.6. The van der Waals surface area contributed by atoms with Crippen molar-refractivity contribution in [3.8, 4) is 0 Å². The predicted molar refractivity (Wildman–Crippen MR) is 132 cm³/mol. The molecule has 1 saturated heterocycles. The van der Waals surface area contributed by atoms with Gasteiger partial charge in [0.05, 0.1) is 25.8 Å². The van der Waals surface area contributed by atoms with E-state index in [0.717, 1.165) is 16.9 Å². The van der Waals surface area contributed by atoms with Gasteiger partial charge in [0.15, 0.2) is 10.8 Å². The Labute approximate surface area is 215 Å². The molecule has 0 bridgehead atoms. The Bertz CT molecular complexity index is 1240. The van der Waals surface area contributed by atoms with Crippen molar-refractivity contribution in [3.63, 3.8) is 0 Å². The SMILES string of the molecule is CO/N=C(\C(=O)NC1C(=O)N2C(C(=O)[O-])=C(C[N+](C)(C)Cc3cccnc3)CSC12)c1csc(N)n1. The van der Waals surface area contributed by atoms with Gasteiger partial charge in [0.1, 0.15) is 37.3 Å². The number of hydrogen-bond acceptors (Lipinski definition) is 11. The maximum atomic E-state index is 13.0. The first-order chi connectivity index (χ1) is 17.1. The van der Waals surface area contributed by atoms with Crippen LogP contribution in [0.3, 0.4) is 0 Å². The number of carboxylic acid groups (broad SMARTS) is 1. The zero-order chi connectivity index (χ0) is 26.0. The lowest BCUT2D eigenvalue weighted by Gasteiger charge is -2.51. The topological polar surface area (TPSA) is 163 Å². The minimum absolute atomic E-state index is 0.135. The zero-order valence-corrected chi connectivity index (χ0v) is 21.5. The average Bonchev–Trinajstić information content (AvgIpc) is 3.26. The highest BCUT2D eigenvalue weighted by atomic mass is 32.2. The number of aliphatic carboxylic acids is 1. The van der Waals surface area contributed by atoms with Crippen LogP contribution in [-0.2, 0) is 25.8 Å². The van der Waals surface area contributed by atoms with E-state index in [2.05, 4.69) is 20.4 Å². The molecule has 2 aromatic heterocycles. The molecule has 2 aromatic rings. The molecule has 0 spiro atoms. The lowest BCUT2D eigenvalue weighted by Crippen LogP contribution is -2.71. The second kappa shape index (κ2) is 10.2. The van der Waals surface area contributed by atoms with Gasteiger partial charge in [0.2, 0.25) is 0 Å². The van der Waals surface area contributed by atoms with Crippen LogP contribution < -0.4 is 16.2 Å². The van der Waals surface area contributed by atoms with Crippen molar-refractivity contribution >= 4 is 51.7 Å². The van der Waals surface area contributed by atoms with Crippen molar-refractivity contribution in [1.29, 1.82) is 0 Å². The van der Waals surface area contributed by atoms with Crippen LogP contribution in [0.25, 0.3) is 0 Å². The quantitative estimate of drug-likeness (QED) is 0.182. The maximum Gasteiger partial charge on any atom is 0.276 e. The third kappa shape index (κ3) is 5.20. The number of likely N-dealkylation sites (N-methyl/N-ethyl adjacent to an activating group) is 1. The number of nitrogens with zero attached hydrogens (tertiary/aromatic N) is 5. The first-order valence-corrected chi connectivity index (χ1v) is 12.8. The molecule has 0 aliphatic carbocycles. The van der Waals surface area contributed by atoms with E-state index in [1.807, 2.05) is 26.2 Å². The highest BCUT2D eigenvalue weighted by molar-refractivity contribution is 8.00. The number of nitrogen functional groups attached to an aromatic ring is 1. The Hall–Kier alpha value is -3.49. The van der Waals surface area contributed by atoms with Crippen LogP contribution in [0.1, 0.15) is 11.3 Å². The number of oxime groups is 1. The van der Waals surface area contributed by atoms with Gasteiger partial charge < -0.3 is 30.3 Å². The molecule has 36 heavy (non-hydrogen) atoms. The van der Waals surface area contributed by atoms with E-state index in [9.17, 15) is 19.5 Å². The number of amides is 2. The normalized spacial score (nSPS) is 20.0. The van der Waals surface area contributed by atoms with Crippen molar-refractivity contribution in [3.05, 3.63) is 52.4 Å². The summed E-state index contributed by atoms with van der Waals surface area (Å²) in [4.78, 5) is 52.2. The molecule has 14 heteroatoms. The van der Waals surface area contributed by atoms with Gasteiger partial charge in [0, 0.05) is 34.7 Å². The zero-order valence-electron chi connectivity index (χ0n) is 19.8. The molecule has 2 amide bonds. The fourth-order valence-electron chi connectivity index (χ4n) is 4.25. The number of thiazole rings is 1. The van der Waals surface area contributed by atoms with Gasteiger partial charge in [-0.05, 0) is 6.07 Å². The van der Waals surface area contributed by atoms with E-state index in [1.165, 1.54) is 23.8 Å². The lowest BCUT2D eigenvalue weighted by molar-refractivity contribution is -0.899. The third-order valence-corrected chi connectivity index (χ3v) is 7.66. The summed E-state index contributed by atoms with van der Waals surface area (Å²) in [6.45, 7) is 1.02. The van der Waals surface area contributed by atoms with Gasteiger partial charge in [-0.25, -0.2) is 4.98 Å². The number of thioether (sulfide) groups is 1.